The van der Waals surface area contributed by atoms with Crippen LogP contribution in [0.3, 0.4) is 0 Å². The number of piperidine rings is 1. The van der Waals surface area contributed by atoms with Gasteiger partial charge in [-0.25, -0.2) is 0 Å². The van der Waals surface area contributed by atoms with E-state index < -0.39 is 0 Å². The van der Waals surface area contributed by atoms with Gasteiger partial charge < -0.3 is 10.1 Å². The first-order valence-corrected chi connectivity index (χ1v) is 7.23. The Morgan fingerprint density at radius 2 is 2.44 bits per heavy atom. The van der Waals surface area contributed by atoms with Crippen LogP contribution in [0.15, 0.2) is 15.9 Å². The van der Waals surface area contributed by atoms with Gasteiger partial charge in [-0.3, -0.25) is 0 Å². The average Bonchev–Trinajstić information content (AvgIpc) is 2.65. The third kappa shape index (κ3) is 2.86. The topological polar surface area (TPSA) is 21.3 Å². The van der Waals surface area contributed by atoms with Crippen LogP contribution in [-0.4, -0.2) is 25.8 Å². The highest BCUT2D eigenvalue weighted by Gasteiger charge is 2.32. The van der Waals surface area contributed by atoms with Crippen molar-refractivity contribution in [2.24, 2.45) is 0 Å². The van der Waals surface area contributed by atoms with Gasteiger partial charge in [-0.05, 0) is 60.3 Å². The number of hydrogen-bond acceptors (Lipinski definition) is 3. The largest absolute Gasteiger partial charge is 0.383 e. The van der Waals surface area contributed by atoms with Crippen molar-refractivity contribution in [3.8, 4) is 0 Å². The second-order valence-electron chi connectivity index (χ2n) is 4.75. The molecule has 1 saturated heterocycles. The third-order valence-electron chi connectivity index (χ3n) is 3.20. The minimum absolute atomic E-state index is 0.133. The highest BCUT2D eigenvalue weighted by Crippen LogP contribution is 2.37. The Morgan fingerprint density at radius 3 is 3.06 bits per heavy atom. The van der Waals surface area contributed by atoms with Crippen molar-refractivity contribution in [1.29, 1.82) is 0 Å². The Balaban J connectivity index is 2.07. The Bertz CT molecular complexity index is 351. The van der Waals surface area contributed by atoms with Crippen molar-refractivity contribution in [2.75, 3.05) is 20.3 Å². The van der Waals surface area contributed by atoms with Gasteiger partial charge in [0, 0.05) is 17.5 Å². The molecule has 2 rings (SSSR count). The van der Waals surface area contributed by atoms with E-state index in [1.807, 2.05) is 11.3 Å². The third-order valence-corrected chi connectivity index (χ3v) is 4.99. The number of rotatable bonds is 3. The summed E-state index contributed by atoms with van der Waals surface area (Å²) in [6.45, 7) is 4.13. The van der Waals surface area contributed by atoms with Gasteiger partial charge in [-0.1, -0.05) is 0 Å². The average molecular weight is 304 g/mol. The van der Waals surface area contributed by atoms with Gasteiger partial charge in [0.15, 0.2) is 0 Å². The van der Waals surface area contributed by atoms with Crippen LogP contribution in [0.5, 0.6) is 0 Å². The number of ether oxygens (including phenoxy) is 1. The molecule has 0 spiro atoms. The first-order valence-electron chi connectivity index (χ1n) is 5.62. The molecule has 2 unspecified atom stereocenters. The van der Waals surface area contributed by atoms with Gasteiger partial charge in [-0.15, -0.1) is 11.3 Å². The monoisotopic (exact) mass is 303 g/mol. The molecule has 0 amide bonds. The lowest BCUT2D eigenvalue weighted by molar-refractivity contribution is 0.0950. The van der Waals surface area contributed by atoms with E-state index in [1.54, 1.807) is 7.11 Å². The Morgan fingerprint density at radius 1 is 1.62 bits per heavy atom. The van der Waals surface area contributed by atoms with Gasteiger partial charge in [0.1, 0.15) is 0 Å². The maximum absolute atomic E-state index is 5.31. The summed E-state index contributed by atoms with van der Waals surface area (Å²) in [5.41, 5.74) is 0.133. The molecule has 16 heavy (non-hydrogen) atoms. The Kier molecular flexibility index (Phi) is 4.06. The fraction of sp³-hybridized carbons (Fsp3) is 0.667. The van der Waals surface area contributed by atoms with Crippen molar-refractivity contribution >= 4 is 27.3 Å². The predicted molar refractivity (Wildman–Crippen MR) is 72.3 cm³/mol. The molecule has 2 atom stereocenters. The molecule has 2 heterocycles. The van der Waals surface area contributed by atoms with E-state index in [0.29, 0.717) is 5.92 Å². The van der Waals surface area contributed by atoms with Crippen LogP contribution in [-0.2, 0) is 4.74 Å². The zero-order valence-electron chi connectivity index (χ0n) is 9.75. The second kappa shape index (κ2) is 5.17. The van der Waals surface area contributed by atoms with E-state index >= 15 is 0 Å². The van der Waals surface area contributed by atoms with Crippen LogP contribution in [0, 0.1) is 0 Å². The van der Waals surface area contributed by atoms with E-state index in [0.717, 1.165) is 19.6 Å². The summed E-state index contributed by atoms with van der Waals surface area (Å²) in [6, 6.07) is 4.40. The van der Waals surface area contributed by atoms with Crippen molar-refractivity contribution in [3.05, 3.63) is 20.8 Å². The molecular formula is C12H18BrNOS. The van der Waals surface area contributed by atoms with Crippen LogP contribution >= 0.6 is 27.3 Å². The molecule has 2 nitrogen and oxygen atoms in total. The van der Waals surface area contributed by atoms with E-state index in [-0.39, 0.29) is 5.54 Å². The van der Waals surface area contributed by atoms with E-state index in [9.17, 15) is 0 Å². The van der Waals surface area contributed by atoms with Crippen LogP contribution in [0.4, 0.5) is 0 Å². The van der Waals surface area contributed by atoms with Crippen LogP contribution < -0.4 is 5.32 Å². The molecule has 1 N–H and O–H groups in total. The lowest BCUT2D eigenvalue weighted by atomic mass is 9.83. The van der Waals surface area contributed by atoms with Crippen molar-refractivity contribution in [1.82, 2.24) is 5.32 Å². The maximum Gasteiger partial charge on any atom is 0.0701 e. The lowest BCUT2D eigenvalue weighted by Gasteiger charge is -2.38. The molecule has 0 saturated carbocycles. The van der Waals surface area contributed by atoms with E-state index in [4.69, 9.17) is 4.74 Å². The summed E-state index contributed by atoms with van der Waals surface area (Å²) in [7, 11) is 1.78. The minimum atomic E-state index is 0.133. The van der Waals surface area contributed by atoms with Crippen molar-refractivity contribution in [3.63, 3.8) is 0 Å². The molecule has 1 aliphatic rings. The number of thiophene rings is 1. The van der Waals surface area contributed by atoms with Gasteiger partial charge in [0.05, 0.1) is 10.4 Å². The molecule has 1 aliphatic heterocycles. The number of nitrogens with one attached hydrogen (secondary N) is 1. The molecule has 0 bridgehead atoms. The summed E-state index contributed by atoms with van der Waals surface area (Å²) in [5, 5.41) is 3.57. The standard InChI is InChI=1S/C12H18BrNOS/c1-12(8-15-2)7-9(5-6-14-12)10-3-4-11(13)16-10/h3-4,9,14H,5-8H2,1-2H3. The molecule has 1 aromatic heterocycles. The number of methoxy groups -OCH3 is 1. The first-order chi connectivity index (χ1) is 7.63. The normalized spacial score (nSPS) is 30.6. The van der Waals surface area contributed by atoms with Crippen LogP contribution in [0.2, 0.25) is 0 Å². The zero-order chi connectivity index (χ0) is 11.6. The first kappa shape index (κ1) is 12.6. The minimum Gasteiger partial charge on any atom is -0.383 e. The fourth-order valence-corrected chi connectivity index (χ4v) is 4.04. The maximum atomic E-state index is 5.31. The number of halogens is 1. The van der Waals surface area contributed by atoms with Gasteiger partial charge in [-0.2, -0.15) is 0 Å². The summed E-state index contributed by atoms with van der Waals surface area (Å²) >= 11 is 5.40. The molecule has 0 aliphatic carbocycles. The summed E-state index contributed by atoms with van der Waals surface area (Å²) < 4.78 is 6.54. The van der Waals surface area contributed by atoms with E-state index in [2.05, 4.69) is 40.3 Å². The fourth-order valence-electron chi connectivity index (χ4n) is 2.49. The SMILES string of the molecule is COCC1(C)CC(c2ccc(Br)s2)CCN1. The van der Waals surface area contributed by atoms with Crippen LogP contribution in [0.1, 0.15) is 30.6 Å². The van der Waals surface area contributed by atoms with Crippen LogP contribution in [0.25, 0.3) is 0 Å². The van der Waals surface area contributed by atoms with Crippen molar-refractivity contribution < 1.29 is 4.74 Å². The van der Waals surface area contributed by atoms with Gasteiger partial charge in [0.2, 0.25) is 0 Å². The molecule has 1 fully saturated rings. The molecular weight excluding hydrogens is 286 g/mol. The molecule has 90 valence electrons. The zero-order valence-corrected chi connectivity index (χ0v) is 12.2. The molecule has 4 heteroatoms. The van der Waals surface area contributed by atoms with E-state index in [1.165, 1.54) is 15.1 Å². The smallest absolute Gasteiger partial charge is 0.0701 e. The highest BCUT2D eigenvalue weighted by atomic mass is 79.9. The summed E-state index contributed by atoms with van der Waals surface area (Å²) in [6.07, 6.45) is 2.39. The Hall–Kier alpha value is 0.1000. The molecule has 0 radical (unpaired) electrons. The molecule has 0 aromatic carbocycles. The Labute approximate surface area is 110 Å². The number of hydrogen-bond donors (Lipinski definition) is 1. The van der Waals surface area contributed by atoms with Crippen molar-refractivity contribution in [2.45, 2.75) is 31.2 Å². The van der Waals surface area contributed by atoms with Gasteiger partial charge in [0.25, 0.3) is 0 Å². The summed E-state index contributed by atoms with van der Waals surface area (Å²) in [5.74, 6) is 0.678. The second-order valence-corrected chi connectivity index (χ2v) is 7.25. The highest BCUT2D eigenvalue weighted by molar-refractivity contribution is 9.11. The van der Waals surface area contributed by atoms with Gasteiger partial charge >= 0.3 is 0 Å². The quantitative estimate of drug-likeness (QED) is 0.924. The molecule has 1 aromatic rings. The lowest BCUT2D eigenvalue weighted by Crippen LogP contribution is -2.51. The summed E-state index contributed by atoms with van der Waals surface area (Å²) in [4.78, 5) is 1.50. The predicted octanol–water partition coefficient (Wildman–Crippen LogP) is 3.38.